The number of hydrogen-bond acceptors (Lipinski definition) is 4. The highest BCUT2D eigenvalue weighted by Gasteiger charge is 2.02. The maximum atomic E-state index is 5.89. The molecule has 0 bridgehead atoms. The van der Waals surface area contributed by atoms with E-state index in [2.05, 4.69) is 29.0 Å². The quantitative estimate of drug-likeness (QED) is 0.761. The maximum absolute atomic E-state index is 5.89. The Balaban J connectivity index is 2.39. The average molecular weight is 236 g/mol. The van der Waals surface area contributed by atoms with E-state index in [9.17, 15) is 0 Å². The molecule has 0 aromatic carbocycles. The Morgan fingerprint density at radius 3 is 2.71 bits per heavy atom. The lowest BCUT2D eigenvalue weighted by molar-refractivity contribution is 0.300. The van der Waals surface area contributed by atoms with Gasteiger partial charge in [0.05, 0.1) is 5.69 Å². The van der Waals surface area contributed by atoms with E-state index in [1.54, 1.807) is 0 Å². The van der Waals surface area contributed by atoms with Crippen LogP contribution in [0.25, 0.3) is 0 Å². The monoisotopic (exact) mass is 236 g/mol. The molecule has 0 unspecified atom stereocenters. The van der Waals surface area contributed by atoms with Gasteiger partial charge in [-0.25, -0.2) is 4.98 Å². The second-order valence-electron chi connectivity index (χ2n) is 4.31. The number of anilines is 2. The number of nitrogens with one attached hydrogen (secondary N) is 1. The molecular weight excluding hydrogens is 212 g/mol. The number of rotatable bonds is 7. The van der Waals surface area contributed by atoms with Gasteiger partial charge in [-0.3, -0.25) is 0 Å². The van der Waals surface area contributed by atoms with Gasteiger partial charge in [-0.2, -0.15) is 0 Å². The van der Waals surface area contributed by atoms with Crippen LogP contribution in [-0.2, 0) is 0 Å². The van der Waals surface area contributed by atoms with Crippen LogP contribution in [0.2, 0.25) is 0 Å². The third-order valence-corrected chi connectivity index (χ3v) is 2.76. The third-order valence-electron chi connectivity index (χ3n) is 2.76. The molecule has 0 saturated heterocycles. The van der Waals surface area contributed by atoms with Gasteiger partial charge in [0, 0.05) is 19.3 Å². The van der Waals surface area contributed by atoms with Crippen molar-refractivity contribution < 1.29 is 0 Å². The lowest BCUT2D eigenvalue weighted by atomic mass is 10.3. The molecule has 0 amide bonds. The molecule has 4 nitrogen and oxygen atoms in total. The Morgan fingerprint density at radius 1 is 1.35 bits per heavy atom. The number of hydrogen-bond donors (Lipinski definition) is 2. The van der Waals surface area contributed by atoms with Gasteiger partial charge in [0.2, 0.25) is 0 Å². The van der Waals surface area contributed by atoms with Crippen molar-refractivity contribution in [1.29, 1.82) is 0 Å². The first-order valence-corrected chi connectivity index (χ1v) is 6.35. The molecule has 1 aromatic heterocycles. The summed E-state index contributed by atoms with van der Waals surface area (Å²) in [5.74, 6) is 0.795. The summed E-state index contributed by atoms with van der Waals surface area (Å²) < 4.78 is 0. The standard InChI is InChI=1S/C13H24N4/c1-4-7-17(5-2)8-6-15-13-12(14)9-11(3)10-16-13/h9-10H,4-8,14H2,1-3H3,(H,15,16). The van der Waals surface area contributed by atoms with E-state index in [0.29, 0.717) is 0 Å². The predicted octanol–water partition coefficient (Wildman–Crippen LogP) is 2.12. The Bertz CT molecular complexity index is 338. The maximum Gasteiger partial charge on any atom is 0.149 e. The normalized spacial score (nSPS) is 10.8. The summed E-state index contributed by atoms with van der Waals surface area (Å²) in [6.45, 7) is 10.5. The number of nitrogens with two attached hydrogens (primary N) is 1. The molecule has 0 atom stereocenters. The molecule has 3 N–H and O–H groups in total. The van der Waals surface area contributed by atoms with Gasteiger partial charge >= 0.3 is 0 Å². The molecule has 96 valence electrons. The average Bonchev–Trinajstić information content (AvgIpc) is 2.30. The first kappa shape index (κ1) is 13.8. The van der Waals surface area contributed by atoms with Gasteiger partial charge < -0.3 is 16.0 Å². The van der Waals surface area contributed by atoms with Crippen molar-refractivity contribution in [3.8, 4) is 0 Å². The molecule has 0 saturated carbocycles. The van der Waals surface area contributed by atoms with E-state index < -0.39 is 0 Å². The van der Waals surface area contributed by atoms with Crippen molar-refractivity contribution in [1.82, 2.24) is 9.88 Å². The third kappa shape index (κ3) is 4.61. The first-order valence-electron chi connectivity index (χ1n) is 6.35. The molecule has 0 aliphatic rings. The van der Waals surface area contributed by atoms with Crippen LogP contribution in [0.1, 0.15) is 25.8 Å². The second-order valence-corrected chi connectivity index (χ2v) is 4.31. The van der Waals surface area contributed by atoms with Crippen molar-refractivity contribution in [2.24, 2.45) is 0 Å². The summed E-state index contributed by atoms with van der Waals surface area (Å²) in [5, 5.41) is 3.29. The molecule has 1 aromatic rings. The molecule has 0 aliphatic heterocycles. The van der Waals surface area contributed by atoms with Crippen molar-refractivity contribution in [2.45, 2.75) is 27.2 Å². The van der Waals surface area contributed by atoms with Gasteiger partial charge in [0.15, 0.2) is 0 Å². The number of aromatic nitrogens is 1. The van der Waals surface area contributed by atoms with E-state index in [4.69, 9.17) is 5.73 Å². The summed E-state index contributed by atoms with van der Waals surface area (Å²) in [6, 6.07) is 1.94. The van der Waals surface area contributed by atoms with Crippen LogP contribution in [0.4, 0.5) is 11.5 Å². The molecule has 1 heterocycles. The van der Waals surface area contributed by atoms with E-state index in [0.717, 1.165) is 43.2 Å². The molecule has 0 aliphatic carbocycles. The van der Waals surface area contributed by atoms with Crippen LogP contribution in [-0.4, -0.2) is 36.1 Å². The van der Waals surface area contributed by atoms with Gasteiger partial charge in [-0.05, 0) is 38.1 Å². The lowest BCUT2D eigenvalue weighted by Crippen LogP contribution is -2.29. The van der Waals surface area contributed by atoms with Crippen molar-refractivity contribution >= 4 is 11.5 Å². The summed E-state index contributed by atoms with van der Waals surface area (Å²) in [4.78, 5) is 6.71. The van der Waals surface area contributed by atoms with E-state index in [1.807, 2.05) is 19.2 Å². The zero-order chi connectivity index (χ0) is 12.7. The Morgan fingerprint density at radius 2 is 2.12 bits per heavy atom. The van der Waals surface area contributed by atoms with Crippen LogP contribution in [0.15, 0.2) is 12.3 Å². The predicted molar refractivity (Wildman–Crippen MR) is 74.3 cm³/mol. The molecular formula is C13H24N4. The first-order chi connectivity index (χ1) is 8.17. The number of aryl methyl sites for hydroxylation is 1. The highest BCUT2D eigenvalue weighted by molar-refractivity contribution is 5.61. The van der Waals surface area contributed by atoms with Crippen molar-refractivity contribution in [3.05, 3.63) is 17.8 Å². The van der Waals surface area contributed by atoms with Crippen molar-refractivity contribution in [3.63, 3.8) is 0 Å². The van der Waals surface area contributed by atoms with E-state index in [1.165, 1.54) is 6.42 Å². The zero-order valence-electron chi connectivity index (χ0n) is 11.2. The molecule has 0 spiro atoms. The minimum absolute atomic E-state index is 0.725. The fourth-order valence-electron chi connectivity index (χ4n) is 1.82. The topological polar surface area (TPSA) is 54.2 Å². The number of nitrogen functional groups attached to an aromatic ring is 1. The van der Waals surface area contributed by atoms with Crippen LogP contribution in [0.3, 0.4) is 0 Å². The fraction of sp³-hybridized carbons (Fsp3) is 0.615. The summed E-state index contributed by atoms with van der Waals surface area (Å²) in [6.07, 6.45) is 3.03. The molecule has 17 heavy (non-hydrogen) atoms. The van der Waals surface area contributed by atoms with Gasteiger partial charge in [-0.1, -0.05) is 13.8 Å². The lowest BCUT2D eigenvalue weighted by Gasteiger charge is -2.20. The Hall–Kier alpha value is -1.29. The van der Waals surface area contributed by atoms with E-state index in [-0.39, 0.29) is 0 Å². The number of likely N-dealkylation sites (N-methyl/N-ethyl adjacent to an activating group) is 1. The second kappa shape index (κ2) is 7.12. The highest BCUT2D eigenvalue weighted by atomic mass is 15.1. The summed E-state index contributed by atoms with van der Waals surface area (Å²) in [5.41, 5.74) is 7.71. The number of nitrogens with zero attached hydrogens (tertiary/aromatic N) is 2. The van der Waals surface area contributed by atoms with Crippen LogP contribution >= 0.6 is 0 Å². The zero-order valence-corrected chi connectivity index (χ0v) is 11.2. The minimum atomic E-state index is 0.725. The largest absolute Gasteiger partial charge is 0.396 e. The smallest absolute Gasteiger partial charge is 0.149 e. The number of pyridine rings is 1. The van der Waals surface area contributed by atoms with Gasteiger partial charge in [0.25, 0.3) is 0 Å². The SMILES string of the molecule is CCCN(CC)CCNc1ncc(C)cc1N. The van der Waals surface area contributed by atoms with Crippen LogP contribution < -0.4 is 11.1 Å². The van der Waals surface area contributed by atoms with Crippen LogP contribution in [0.5, 0.6) is 0 Å². The molecule has 0 fully saturated rings. The summed E-state index contributed by atoms with van der Waals surface area (Å²) >= 11 is 0. The Kier molecular flexibility index (Phi) is 5.77. The minimum Gasteiger partial charge on any atom is -0.396 e. The van der Waals surface area contributed by atoms with E-state index >= 15 is 0 Å². The van der Waals surface area contributed by atoms with Crippen LogP contribution in [0, 0.1) is 6.92 Å². The van der Waals surface area contributed by atoms with Gasteiger partial charge in [0.1, 0.15) is 5.82 Å². The van der Waals surface area contributed by atoms with Gasteiger partial charge in [-0.15, -0.1) is 0 Å². The fourth-order valence-corrected chi connectivity index (χ4v) is 1.82. The summed E-state index contributed by atoms with van der Waals surface area (Å²) in [7, 11) is 0. The highest BCUT2D eigenvalue weighted by Crippen LogP contribution is 2.15. The molecule has 1 rings (SSSR count). The van der Waals surface area contributed by atoms with Crippen molar-refractivity contribution in [2.75, 3.05) is 37.2 Å². The molecule has 4 heteroatoms. The Labute approximate surface area is 104 Å². The molecule has 0 radical (unpaired) electrons.